The number of sulfonamides is 1. The summed E-state index contributed by atoms with van der Waals surface area (Å²) >= 11 is 3.25. The molecule has 1 aliphatic rings. The van der Waals surface area contributed by atoms with Gasteiger partial charge >= 0.3 is 0 Å². The molecule has 8 heteroatoms. The minimum atomic E-state index is -3.87. The van der Waals surface area contributed by atoms with Gasteiger partial charge < -0.3 is 10.5 Å². The number of hydrogen-bond donors (Lipinski definition) is 1. The van der Waals surface area contributed by atoms with Crippen LogP contribution in [0.15, 0.2) is 57.9 Å². The zero-order chi connectivity index (χ0) is 16.6. The van der Waals surface area contributed by atoms with Crippen molar-refractivity contribution in [2.75, 3.05) is 10.8 Å². The summed E-state index contributed by atoms with van der Waals surface area (Å²) < 4.78 is 33.1. The average Bonchev–Trinajstić information content (AvgIpc) is 2.53. The van der Waals surface area contributed by atoms with Gasteiger partial charge in [-0.1, -0.05) is 24.3 Å². The number of amides is 1. The number of carbonyl (C=O) groups is 1. The van der Waals surface area contributed by atoms with Gasteiger partial charge in [0.25, 0.3) is 15.9 Å². The van der Waals surface area contributed by atoms with Gasteiger partial charge in [-0.2, -0.15) is 0 Å². The molecular formula is C15H13BrN2O4S. The summed E-state index contributed by atoms with van der Waals surface area (Å²) in [6.07, 6.45) is -1.04. The highest BCUT2D eigenvalue weighted by atomic mass is 79.9. The van der Waals surface area contributed by atoms with E-state index in [1.807, 2.05) is 0 Å². The van der Waals surface area contributed by atoms with Crippen molar-refractivity contribution >= 4 is 37.5 Å². The van der Waals surface area contributed by atoms with Crippen LogP contribution in [0.3, 0.4) is 0 Å². The van der Waals surface area contributed by atoms with E-state index in [4.69, 9.17) is 10.5 Å². The third-order valence-corrected chi connectivity index (χ3v) is 6.25. The van der Waals surface area contributed by atoms with Crippen molar-refractivity contribution in [2.45, 2.75) is 11.0 Å². The van der Waals surface area contributed by atoms with Crippen LogP contribution in [0.1, 0.15) is 0 Å². The number of fused-ring (bicyclic) bond motifs is 1. The van der Waals surface area contributed by atoms with Crippen molar-refractivity contribution in [1.29, 1.82) is 0 Å². The number of benzene rings is 2. The lowest BCUT2D eigenvalue weighted by Gasteiger charge is -2.34. The van der Waals surface area contributed by atoms with Gasteiger partial charge in [0.1, 0.15) is 10.6 Å². The molecule has 6 nitrogen and oxygen atoms in total. The molecule has 1 heterocycles. The van der Waals surface area contributed by atoms with Crippen molar-refractivity contribution in [3.63, 3.8) is 0 Å². The molecule has 1 amide bonds. The fraction of sp³-hybridized carbons (Fsp3) is 0.133. The molecule has 2 N–H and O–H groups in total. The van der Waals surface area contributed by atoms with E-state index in [9.17, 15) is 13.2 Å². The van der Waals surface area contributed by atoms with E-state index in [0.29, 0.717) is 15.9 Å². The monoisotopic (exact) mass is 396 g/mol. The zero-order valence-corrected chi connectivity index (χ0v) is 14.2. The molecule has 0 saturated heterocycles. The van der Waals surface area contributed by atoms with Crippen LogP contribution >= 0.6 is 15.9 Å². The molecule has 2 aromatic rings. The van der Waals surface area contributed by atoms with Crippen molar-refractivity contribution in [1.82, 2.24) is 0 Å². The summed E-state index contributed by atoms with van der Waals surface area (Å²) in [6, 6.07) is 13.1. The Kier molecular flexibility index (Phi) is 4.03. The van der Waals surface area contributed by atoms with Crippen LogP contribution < -0.4 is 14.8 Å². The minimum Gasteiger partial charge on any atom is -0.476 e. The number of carbonyl (C=O) groups excluding carboxylic acids is 1. The number of ether oxygens (including phenoxy) is 1. The second-order valence-corrected chi connectivity index (χ2v) is 7.63. The first kappa shape index (κ1) is 15.8. The standard InChI is InChI=1S/C15H13BrN2O4S/c16-10-5-1-4-8-14(10)23(20,21)18-9-13(15(17)19)22-12-7-3-2-6-11(12)18/h1-8,13H,9H2,(H2,17,19)/t13-/m1/s1. The van der Waals surface area contributed by atoms with E-state index in [-0.39, 0.29) is 11.4 Å². The molecule has 0 radical (unpaired) electrons. The predicted octanol–water partition coefficient (Wildman–Crippen LogP) is 1.89. The Morgan fingerprint density at radius 3 is 2.52 bits per heavy atom. The quantitative estimate of drug-likeness (QED) is 0.857. The molecular weight excluding hydrogens is 384 g/mol. The van der Waals surface area contributed by atoms with E-state index in [0.717, 1.165) is 4.31 Å². The van der Waals surface area contributed by atoms with Gasteiger partial charge in [0.15, 0.2) is 6.10 Å². The average molecular weight is 397 g/mol. The SMILES string of the molecule is NC(=O)[C@H]1CN(S(=O)(=O)c2ccccc2Br)c2ccccc2O1. The second kappa shape index (κ2) is 5.86. The van der Waals surface area contributed by atoms with Gasteiger partial charge in [-0.05, 0) is 40.2 Å². The molecule has 0 bridgehead atoms. The Morgan fingerprint density at radius 2 is 1.83 bits per heavy atom. The van der Waals surface area contributed by atoms with Crippen LogP contribution in [0.2, 0.25) is 0 Å². The van der Waals surface area contributed by atoms with Crippen LogP contribution in [-0.4, -0.2) is 27.0 Å². The highest BCUT2D eigenvalue weighted by Gasteiger charge is 2.37. The Labute approximate surface area is 142 Å². The zero-order valence-electron chi connectivity index (χ0n) is 11.8. The van der Waals surface area contributed by atoms with Gasteiger partial charge in [-0.25, -0.2) is 8.42 Å². The van der Waals surface area contributed by atoms with Crippen molar-refractivity contribution in [2.24, 2.45) is 5.73 Å². The Bertz CT molecular complexity index is 869. The van der Waals surface area contributed by atoms with Gasteiger partial charge in [0.2, 0.25) is 0 Å². The number of primary amides is 1. The number of para-hydroxylation sites is 2. The molecule has 2 aromatic carbocycles. The molecule has 0 unspecified atom stereocenters. The number of hydrogen-bond acceptors (Lipinski definition) is 4. The summed E-state index contributed by atoms with van der Waals surface area (Å²) in [5.41, 5.74) is 5.68. The van der Waals surface area contributed by atoms with E-state index < -0.39 is 22.0 Å². The highest BCUT2D eigenvalue weighted by Crippen LogP contribution is 2.37. The summed E-state index contributed by atoms with van der Waals surface area (Å²) in [7, 11) is -3.87. The molecule has 1 aliphatic heterocycles. The molecule has 0 spiro atoms. The van der Waals surface area contributed by atoms with Gasteiger partial charge in [-0.3, -0.25) is 9.10 Å². The van der Waals surface area contributed by atoms with Crippen LogP contribution in [0.4, 0.5) is 5.69 Å². The fourth-order valence-corrected chi connectivity index (χ4v) is 4.79. The molecule has 23 heavy (non-hydrogen) atoms. The summed E-state index contributed by atoms with van der Waals surface area (Å²) in [6.45, 7) is -0.171. The molecule has 1 atom stereocenters. The third-order valence-electron chi connectivity index (χ3n) is 3.46. The summed E-state index contributed by atoms with van der Waals surface area (Å²) in [5, 5.41) is 0. The molecule has 0 aromatic heterocycles. The Balaban J connectivity index is 2.14. The Hall–Kier alpha value is -2.06. The molecule has 0 saturated carbocycles. The highest BCUT2D eigenvalue weighted by molar-refractivity contribution is 9.10. The van der Waals surface area contributed by atoms with Crippen molar-refractivity contribution < 1.29 is 17.9 Å². The van der Waals surface area contributed by atoms with Crippen LogP contribution in [0.25, 0.3) is 0 Å². The normalized spacial score (nSPS) is 17.3. The number of anilines is 1. The topological polar surface area (TPSA) is 89.7 Å². The van der Waals surface area contributed by atoms with Crippen molar-refractivity contribution in [3.05, 3.63) is 53.0 Å². The third kappa shape index (κ3) is 2.79. The van der Waals surface area contributed by atoms with E-state index in [2.05, 4.69) is 15.9 Å². The first-order valence-corrected chi connectivity index (χ1v) is 8.97. The first-order chi connectivity index (χ1) is 10.9. The predicted molar refractivity (Wildman–Crippen MR) is 88.7 cm³/mol. The molecule has 0 aliphatic carbocycles. The maximum absolute atomic E-state index is 13.0. The lowest BCUT2D eigenvalue weighted by atomic mass is 10.2. The first-order valence-electron chi connectivity index (χ1n) is 6.73. The lowest BCUT2D eigenvalue weighted by molar-refractivity contribution is -0.124. The van der Waals surface area contributed by atoms with Crippen LogP contribution in [-0.2, 0) is 14.8 Å². The van der Waals surface area contributed by atoms with Crippen LogP contribution in [0.5, 0.6) is 5.75 Å². The van der Waals surface area contributed by atoms with E-state index >= 15 is 0 Å². The van der Waals surface area contributed by atoms with Gasteiger partial charge in [-0.15, -0.1) is 0 Å². The number of nitrogens with zero attached hydrogens (tertiary/aromatic N) is 1. The summed E-state index contributed by atoms with van der Waals surface area (Å²) in [4.78, 5) is 11.6. The van der Waals surface area contributed by atoms with Crippen LogP contribution in [0, 0.1) is 0 Å². The Morgan fingerprint density at radius 1 is 1.17 bits per heavy atom. The van der Waals surface area contributed by atoms with Gasteiger partial charge in [0.05, 0.1) is 12.2 Å². The minimum absolute atomic E-state index is 0.111. The number of halogens is 1. The molecule has 120 valence electrons. The molecule has 0 fully saturated rings. The fourth-order valence-electron chi connectivity index (χ4n) is 2.35. The maximum Gasteiger partial charge on any atom is 0.265 e. The second-order valence-electron chi connectivity index (χ2n) is 4.94. The van der Waals surface area contributed by atoms with Gasteiger partial charge in [0, 0.05) is 4.47 Å². The smallest absolute Gasteiger partial charge is 0.265 e. The summed E-state index contributed by atoms with van der Waals surface area (Å²) in [5.74, 6) is -0.412. The number of rotatable bonds is 3. The lowest BCUT2D eigenvalue weighted by Crippen LogP contribution is -2.49. The number of nitrogens with two attached hydrogens (primary N) is 1. The molecule has 3 rings (SSSR count). The van der Waals surface area contributed by atoms with E-state index in [1.165, 1.54) is 6.07 Å². The van der Waals surface area contributed by atoms with E-state index in [1.54, 1.807) is 42.5 Å². The maximum atomic E-state index is 13.0. The van der Waals surface area contributed by atoms with Crippen molar-refractivity contribution in [3.8, 4) is 5.75 Å². The largest absolute Gasteiger partial charge is 0.476 e.